The largest absolute Gasteiger partial charge is 0.366 e. The molecule has 142 valence electrons. The summed E-state index contributed by atoms with van der Waals surface area (Å²) in [7, 11) is 0. The number of fused-ring (bicyclic) bond motifs is 3. The Morgan fingerprint density at radius 2 is 1.71 bits per heavy atom. The molecule has 1 amide bonds. The summed E-state index contributed by atoms with van der Waals surface area (Å²) in [5, 5.41) is 2.04. The van der Waals surface area contributed by atoms with E-state index in [0.29, 0.717) is 11.5 Å². The Bertz CT molecular complexity index is 1180. The number of amides is 1. The number of nitrogens with two attached hydrogens (primary N) is 1. The van der Waals surface area contributed by atoms with Gasteiger partial charge in [0, 0.05) is 28.4 Å². The minimum Gasteiger partial charge on any atom is -0.366 e. The molecule has 0 aliphatic rings. The van der Waals surface area contributed by atoms with Gasteiger partial charge in [0.05, 0.1) is 5.52 Å². The van der Waals surface area contributed by atoms with Crippen LogP contribution in [0.3, 0.4) is 0 Å². The van der Waals surface area contributed by atoms with E-state index in [1.54, 1.807) is 0 Å². The van der Waals surface area contributed by atoms with Crippen molar-refractivity contribution < 1.29 is 4.79 Å². The molecule has 3 aromatic carbocycles. The number of hydrogen-bond acceptors (Lipinski definition) is 1. The first-order valence-electron chi connectivity index (χ1n) is 9.92. The zero-order valence-electron chi connectivity index (χ0n) is 16.7. The third-order valence-corrected chi connectivity index (χ3v) is 5.68. The van der Waals surface area contributed by atoms with Crippen molar-refractivity contribution in [1.82, 2.24) is 4.57 Å². The van der Waals surface area contributed by atoms with Gasteiger partial charge in [-0.25, -0.2) is 0 Å². The summed E-state index contributed by atoms with van der Waals surface area (Å²) in [5.41, 5.74) is 12.5. The Hall–Kier alpha value is -3.07. The van der Waals surface area contributed by atoms with Crippen molar-refractivity contribution in [2.24, 2.45) is 5.73 Å². The molecule has 3 nitrogen and oxygen atoms in total. The van der Waals surface area contributed by atoms with Gasteiger partial charge in [0.25, 0.3) is 0 Å². The van der Waals surface area contributed by atoms with Gasteiger partial charge in [0.15, 0.2) is 0 Å². The zero-order chi connectivity index (χ0) is 19.8. The van der Waals surface area contributed by atoms with Crippen LogP contribution in [0.25, 0.3) is 21.8 Å². The van der Waals surface area contributed by atoms with E-state index in [0.717, 1.165) is 34.8 Å². The van der Waals surface area contributed by atoms with Crippen molar-refractivity contribution in [1.29, 1.82) is 0 Å². The highest BCUT2D eigenvalue weighted by atomic mass is 16.1. The predicted octanol–water partition coefficient (Wildman–Crippen LogP) is 5.63. The maximum Gasteiger partial charge on any atom is 0.249 e. The van der Waals surface area contributed by atoms with Crippen LogP contribution in [0, 0.1) is 0 Å². The van der Waals surface area contributed by atoms with Crippen molar-refractivity contribution in [2.45, 2.75) is 39.7 Å². The van der Waals surface area contributed by atoms with Crippen LogP contribution in [0.5, 0.6) is 0 Å². The lowest BCUT2D eigenvalue weighted by molar-refractivity contribution is 0.100. The Morgan fingerprint density at radius 1 is 0.964 bits per heavy atom. The average molecular weight is 370 g/mol. The van der Waals surface area contributed by atoms with Gasteiger partial charge < -0.3 is 10.3 Å². The normalized spacial score (nSPS) is 11.6. The van der Waals surface area contributed by atoms with Crippen LogP contribution in [-0.4, -0.2) is 10.5 Å². The second kappa shape index (κ2) is 7.16. The average Bonchev–Trinajstić information content (AvgIpc) is 3.01. The monoisotopic (exact) mass is 370 g/mol. The van der Waals surface area contributed by atoms with E-state index in [2.05, 4.69) is 73.9 Å². The Balaban J connectivity index is 2.05. The topological polar surface area (TPSA) is 48.0 Å². The number of nitrogens with zero attached hydrogens (tertiary/aromatic N) is 1. The maximum atomic E-state index is 12.1. The molecule has 0 aliphatic heterocycles. The van der Waals surface area contributed by atoms with E-state index in [9.17, 15) is 4.79 Å². The highest BCUT2D eigenvalue weighted by Gasteiger charge is 2.17. The predicted molar refractivity (Wildman–Crippen MR) is 117 cm³/mol. The zero-order valence-corrected chi connectivity index (χ0v) is 16.7. The standard InChI is InChI=1S/C25H26N2O/c1-4-17-8-5-6-9-19(17)15-27-22-11-7-10-21(25(26)28)24(22)20-13-12-18(16(2)3)14-23(20)27/h5-14,16H,4,15H2,1-3H3,(H2,26,28). The second-order valence-electron chi connectivity index (χ2n) is 7.70. The Morgan fingerprint density at radius 3 is 2.39 bits per heavy atom. The lowest BCUT2D eigenvalue weighted by Gasteiger charge is -2.13. The van der Waals surface area contributed by atoms with Gasteiger partial charge in [-0.1, -0.05) is 63.2 Å². The number of benzene rings is 3. The molecule has 1 aromatic heterocycles. The van der Waals surface area contributed by atoms with Crippen LogP contribution in [0.1, 0.15) is 53.7 Å². The fourth-order valence-corrected chi connectivity index (χ4v) is 4.12. The quantitative estimate of drug-likeness (QED) is 0.486. The molecule has 0 saturated carbocycles. The number of aryl methyl sites for hydroxylation is 1. The van der Waals surface area contributed by atoms with Gasteiger partial charge >= 0.3 is 0 Å². The highest BCUT2D eigenvalue weighted by molar-refractivity contribution is 6.18. The first-order valence-corrected chi connectivity index (χ1v) is 9.92. The summed E-state index contributed by atoms with van der Waals surface area (Å²) in [5.74, 6) is 0.0564. The summed E-state index contributed by atoms with van der Waals surface area (Å²) in [6, 6.07) is 21.0. The molecular weight excluding hydrogens is 344 g/mol. The Labute approximate surface area is 165 Å². The van der Waals surface area contributed by atoms with E-state index in [1.807, 2.05) is 12.1 Å². The summed E-state index contributed by atoms with van der Waals surface area (Å²) in [6.07, 6.45) is 0.997. The van der Waals surface area contributed by atoms with Gasteiger partial charge in [0.1, 0.15) is 0 Å². The van der Waals surface area contributed by atoms with Gasteiger partial charge in [-0.05, 0) is 47.2 Å². The molecular formula is C25H26N2O. The summed E-state index contributed by atoms with van der Waals surface area (Å²) < 4.78 is 2.33. The van der Waals surface area contributed by atoms with E-state index in [1.165, 1.54) is 16.7 Å². The molecule has 0 atom stereocenters. The molecule has 0 radical (unpaired) electrons. The molecule has 4 aromatic rings. The molecule has 0 saturated heterocycles. The van der Waals surface area contributed by atoms with Crippen LogP contribution in [0.2, 0.25) is 0 Å². The molecule has 28 heavy (non-hydrogen) atoms. The summed E-state index contributed by atoms with van der Waals surface area (Å²) in [4.78, 5) is 12.1. The lowest BCUT2D eigenvalue weighted by atomic mass is 10.00. The van der Waals surface area contributed by atoms with Gasteiger partial charge in [-0.2, -0.15) is 0 Å². The smallest absolute Gasteiger partial charge is 0.249 e. The fraction of sp³-hybridized carbons (Fsp3) is 0.240. The van der Waals surface area contributed by atoms with Gasteiger partial charge in [-0.3, -0.25) is 4.79 Å². The van der Waals surface area contributed by atoms with E-state index >= 15 is 0 Å². The fourth-order valence-electron chi connectivity index (χ4n) is 4.12. The number of rotatable bonds is 5. The first kappa shape index (κ1) is 18.3. The van der Waals surface area contributed by atoms with Gasteiger partial charge in [0.2, 0.25) is 5.91 Å². The van der Waals surface area contributed by atoms with Crippen molar-refractivity contribution in [3.63, 3.8) is 0 Å². The number of carbonyl (C=O) groups is 1. The Kier molecular flexibility index (Phi) is 4.68. The van der Waals surface area contributed by atoms with Gasteiger partial charge in [-0.15, -0.1) is 0 Å². The molecule has 0 spiro atoms. The number of primary amides is 1. The van der Waals surface area contributed by atoms with Crippen molar-refractivity contribution in [3.05, 3.63) is 82.9 Å². The molecule has 0 aliphatic carbocycles. The molecule has 4 rings (SSSR count). The molecule has 0 bridgehead atoms. The molecule has 2 N–H and O–H groups in total. The minimum atomic E-state index is -0.383. The summed E-state index contributed by atoms with van der Waals surface area (Å²) >= 11 is 0. The molecule has 3 heteroatoms. The molecule has 1 heterocycles. The van der Waals surface area contributed by atoms with E-state index < -0.39 is 0 Å². The molecule has 0 unspecified atom stereocenters. The molecule has 0 fully saturated rings. The van der Waals surface area contributed by atoms with Crippen LogP contribution in [0.15, 0.2) is 60.7 Å². The number of hydrogen-bond donors (Lipinski definition) is 1. The van der Waals surface area contributed by atoms with Crippen molar-refractivity contribution in [3.8, 4) is 0 Å². The van der Waals surface area contributed by atoms with Crippen LogP contribution >= 0.6 is 0 Å². The minimum absolute atomic E-state index is 0.383. The lowest BCUT2D eigenvalue weighted by Crippen LogP contribution is -2.11. The van der Waals surface area contributed by atoms with Crippen LogP contribution in [0.4, 0.5) is 0 Å². The van der Waals surface area contributed by atoms with E-state index in [4.69, 9.17) is 5.73 Å². The highest BCUT2D eigenvalue weighted by Crippen LogP contribution is 2.34. The second-order valence-corrected chi connectivity index (χ2v) is 7.70. The third-order valence-electron chi connectivity index (χ3n) is 5.68. The first-order chi connectivity index (χ1) is 13.5. The number of aromatic nitrogens is 1. The third kappa shape index (κ3) is 2.97. The van der Waals surface area contributed by atoms with Crippen LogP contribution in [-0.2, 0) is 13.0 Å². The SMILES string of the molecule is CCc1ccccc1Cn1c2cc(C(C)C)ccc2c2c(C(N)=O)cccc21. The van der Waals surface area contributed by atoms with Crippen molar-refractivity contribution >= 4 is 27.7 Å². The number of carbonyl (C=O) groups excluding carboxylic acids is 1. The van der Waals surface area contributed by atoms with Crippen LogP contribution < -0.4 is 5.73 Å². The maximum absolute atomic E-state index is 12.1. The summed E-state index contributed by atoms with van der Waals surface area (Å²) in [6.45, 7) is 7.37. The van der Waals surface area contributed by atoms with Crippen molar-refractivity contribution in [2.75, 3.05) is 0 Å². The van der Waals surface area contributed by atoms with E-state index in [-0.39, 0.29) is 5.91 Å².